The molecule has 0 atom stereocenters. The molecule has 0 unspecified atom stereocenters. The van der Waals surface area contributed by atoms with E-state index in [9.17, 15) is 4.79 Å². The molecule has 0 aliphatic carbocycles. The van der Waals surface area contributed by atoms with E-state index in [0.29, 0.717) is 5.75 Å². The highest BCUT2D eigenvalue weighted by atomic mass is 35.5. The average molecular weight is 374 g/mol. The molecule has 0 spiro atoms. The predicted octanol–water partition coefficient (Wildman–Crippen LogP) is 2.96. The standard InChI is InChI=1S/C19H20ClN3O3/c20-16-5-7-17(8-6-16)22-9-11-23(12-10-22)21-13-15-3-1-2-4-18(15)26-14-19(24)25/h1-8,13H,9-12,14H2,(H,24,25)/b21-13+. The molecule has 1 N–H and O–H groups in total. The number of carboxylic acids is 1. The van der Waals surface area contributed by atoms with Crippen LogP contribution in [0.4, 0.5) is 5.69 Å². The molecule has 0 saturated carbocycles. The van der Waals surface area contributed by atoms with Crippen LogP contribution in [0.1, 0.15) is 5.56 Å². The molecule has 1 aliphatic heterocycles. The van der Waals surface area contributed by atoms with Gasteiger partial charge < -0.3 is 14.7 Å². The number of benzene rings is 2. The fourth-order valence-corrected chi connectivity index (χ4v) is 2.85. The van der Waals surface area contributed by atoms with E-state index in [1.165, 1.54) is 0 Å². The summed E-state index contributed by atoms with van der Waals surface area (Å²) in [5.41, 5.74) is 1.92. The molecule has 136 valence electrons. The second-order valence-electron chi connectivity index (χ2n) is 5.88. The zero-order chi connectivity index (χ0) is 18.4. The molecular formula is C19H20ClN3O3. The number of piperazine rings is 1. The number of nitrogens with zero attached hydrogens (tertiary/aromatic N) is 3. The maximum absolute atomic E-state index is 10.7. The highest BCUT2D eigenvalue weighted by Gasteiger charge is 2.15. The van der Waals surface area contributed by atoms with Crippen LogP contribution in [0.2, 0.25) is 5.02 Å². The number of hydrogen-bond donors (Lipinski definition) is 1. The van der Waals surface area contributed by atoms with Gasteiger partial charge in [-0.3, -0.25) is 5.01 Å². The Morgan fingerprint density at radius 1 is 1.12 bits per heavy atom. The van der Waals surface area contributed by atoms with E-state index in [0.717, 1.165) is 42.5 Å². The lowest BCUT2D eigenvalue weighted by molar-refractivity contribution is -0.139. The van der Waals surface area contributed by atoms with E-state index in [-0.39, 0.29) is 6.61 Å². The predicted molar refractivity (Wildman–Crippen MR) is 102 cm³/mol. The normalized spacial score (nSPS) is 14.7. The van der Waals surface area contributed by atoms with Gasteiger partial charge in [-0.15, -0.1) is 0 Å². The van der Waals surface area contributed by atoms with Crippen molar-refractivity contribution in [2.45, 2.75) is 0 Å². The van der Waals surface area contributed by atoms with Gasteiger partial charge in [0.2, 0.25) is 0 Å². The molecule has 6 nitrogen and oxygen atoms in total. The maximum atomic E-state index is 10.7. The van der Waals surface area contributed by atoms with Crippen LogP contribution in [0, 0.1) is 0 Å². The Kier molecular flexibility index (Phi) is 5.96. The minimum atomic E-state index is -1.00. The molecule has 26 heavy (non-hydrogen) atoms. The van der Waals surface area contributed by atoms with Crippen LogP contribution in [0.5, 0.6) is 5.75 Å². The molecule has 0 radical (unpaired) electrons. The smallest absolute Gasteiger partial charge is 0.341 e. The van der Waals surface area contributed by atoms with Gasteiger partial charge >= 0.3 is 5.97 Å². The Bertz CT molecular complexity index is 772. The van der Waals surface area contributed by atoms with Gasteiger partial charge in [0.25, 0.3) is 0 Å². The minimum absolute atomic E-state index is 0.370. The number of hydrogen-bond acceptors (Lipinski definition) is 5. The van der Waals surface area contributed by atoms with Crippen molar-refractivity contribution in [3.63, 3.8) is 0 Å². The molecule has 0 aromatic heterocycles. The van der Waals surface area contributed by atoms with Gasteiger partial charge in [-0.1, -0.05) is 23.7 Å². The van der Waals surface area contributed by atoms with Crippen molar-refractivity contribution >= 4 is 29.5 Å². The van der Waals surface area contributed by atoms with Crippen LogP contribution in [-0.4, -0.2) is 55.1 Å². The first-order chi connectivity index (χ1) is 12.6. The van der Waals surface area contributed by atoms with Crippen molar-refractivity contribution in [3.05, 3.63) is 59.1 Å². The monoisotopic (exact) mass is 373 g/mol. The Labute approximate surface area is 157 Å². The molecule has 1 fully saturated rings. The molecule has 2 aromatic carbocycles. The number of ether oxygens (including phenoxy) is 1. The van der Waals surface area contributed by atoms with Crippen LogP contribution in [0.25, 0.3) is 0 Å². The summed E-state index contributed by atoms with van der Waals surface area (Å²) >= 11 is 5.94. The van der Waals surface area contributed by atoms with Crippen molar-refractivity contribution in [2.75, 3.05) is 37.7 Å². The van der Waals surface area contributed by atoms with Crippen LogP contribution >= 0.6 is 11.6 Å². The third kappa shape index (κ3) is 4.89. The van der Waals surface area contributed by atoms with Crippen LogP contribution in [0.15, 0.2) is 53.6 Å². The summed E-state index contributed by atoms with van der Waals surface area (Å²) in [6, 6.07) is 15.1. The van der Waals surface area contributed by atoms with E-state index in [1.807, 2.05) is 41.4 Å². The summed E-state index contributed by atoms with van der Waals surface area (Å²) in [6.07, 6.45) is 1.72. The molecule has 3 rings (SSSR count). The number of rotatable bonds is 6. The van der Waals surface area contributed by atoms with Crippen molar-refractivity contribution in [2.24, 2.45) is 5.10 Å². The van der Waals surface area contributed by atoms with Crippen molar-refractivity contribution in [3.8, 4) is 5.75 Å². The Morgan fingerprint density at radius 3 is 2.50 bits per heavy atom. The second-order valence-corrected chi connectivity index (χ2v) is 6.32. The third-order valence-corrected chi connectivity index (χ3v) is 4.33. The molecular weight excluding hydrogens is 354 g/mol. The first kappa shape index (κ1) is 18.1. The van der Waals surface area contributed by atoms with Gasteiger partial charge in [0.1, 0.15) is 5.75 Å². The van der Waals surface area contributed by atoms with E-state index >= 15 is 0 Å². The molecule has 0 amide bonds. The number of para-hydroxylation sites is 1. The molecule has 0 bridgehead atoms. The summed E-state index contributed by atoms with van der Waals surface area (Å²) < 4.78 is 5.29. The molecule has 1 heterocycles. The SMILES string of the molecule is O=C(O)COc1ccccc1/C=N/N1CCN(c2ccc(Cl)cc2)CC1. The lowest BCUT2D eigenvalue weighted by Gasteiger charge is -2.34. The van der Waals surface area contributed by atoms with E-state index in [2.05, 4.69) is 10.0 Å². The Hall–Kier alpha value is -2.73. The fraction of sp³-hybridized carbons (Fsp3) is 0.263. The number of aliphatic carboxylic acids is 1. The largest absolute Gasteiger partial charge is 0.481 e. The van der Waals surface area contributed by atoms with Crippen molar-refractivity contribution in [1.29, 1.82) is 0 Å². The van der Waals surface area contributed by atoms with Gasteiger partial charge in [-0.25, -0.2) is 4.79 Å². The van der Waals surface area contributed by atoms with Gasteiger partial charge in [0.05, 0.1) is 19.3 Å². The highest BCUT2D eigenvalue weighted by Crippen LogP contribution is 2.20. The van der Waals surface area contributed by atoms with Crippen molar-refractivity contribution < 1.29 is 14.6 Å². The first-order valence-electron chi connectivity index (χ1n) is 8.35. The van der Waals surface area contributed by atoms with Gasteiger partial charge in [0, 0.05) is 29.4 Å². The van der Waals surface area contributed by atoms with Gasteiger partial charge in [0.15, 0.2) is 6.61 Å². The first-order valence-corrected chi connectivity index (χ1v) is 8.73. The summed E-state index contributed by atoms with van der Waals surface area (Å²) in [4.78, 5) is 13.0. The number of carboxylic acid groups (broad SMARTS) is 1. The molecule has 7 heteroatoms. The summed E-state index contributed by atoms with van der Waals surface area (Å²) in [5, 5.41) is 16.0. The Balaban J connectivity index is 1.57. The minimum Gasteiger partial charge on any atom is -0.481 e. The highest BCUT2D eigenvalue weighted by molar-refractivity contribution is 6.30. The second kappa shape index (κ2) is 8.58. The lowest BCUT2D eigenvalue weighted by Crippen LogP contribution is -2.44. The number of anilines is 1. The maximum Gasteiger partial charge on any atom is 0.341 e. The molecule has 1 saturated heterocycles. The van der Waals surface area contributed by atoms with E-state index in [4.69, 9.17) is 21.4 Å². The van der Waals surface area contributed by atoms with Gasteiger partial charge in [-0.2, -0.15) is 5.10 Å². The summed E-state index contributed by atoms with van der Waals surface area (Å²) in [6.45, 7) is 2.98. The van der Waals surface area contributed by atoms with Crippen molar-refractivity contribution in [1.82, 2.24) is 5.01 Å². The zero-order valence-corrected chi connectivity index (χ0v) is 15.0. The number of hydrazone groups is 1. The summed E-state index contributed by atoms with van der Waals surface area (Å²) in [7, 11) is 0. The van der Waals surface area contributed by atoms with E-state index in [1.54, 1.807) is 18.3 Å². The zero-order valence-electron chi connectivity index (χ0n) is 14.2. The quantitative estimate of drug-likeness (QED) is 0.788. The van der Waals surface area contributed by atoms with E-state index < -0.39 is 5.97 Å². The molecule has 2 aromatic rings. The lowest BCUT2D eigenvalue weighted by atomic mass is 10.2. The number of halogens is 1. The van der Waals surface area contributed by atoms with Crippen LogP contribution < -0.4 is 9.64 Å². The topological polar surface area (TPSA) is 65.4 Å². The third-order valence-electron chi connectivity index (χ3n) is 4.08. The summed E-state index contributed by atoms with van der Waals surface area (Å²) in [5.74, 6) is -0.492. The molecule has 1 aliphatic rings. The average Bonchev–Trinajstić information content (AvgIpc) is 2.66. The number of carbonyl (C=O) groups is 1. The fourth-order valence-electron chi connectivity index (χ4n) is 2.72. The Morgan fingerprint density at radius 2 is 1.81 bits per heavy atom. The van der Waals surface area contributed by atoms with Crippen LogP contribution in [-0.2, 0) is 4.79 Å². The van der Waals surface area contributed by atoms with Gasteiger partial charge in [-0.05, 0) is 36.4 Å². The van der Waals surface area contributed by atoms with Crippen LogP contribution in [0.3, 0.4) is 0 Å².